The van der Waals surface area contributed by atoms with Crippen molar-refractivity contribution in [2.45, 2.75) is 33.1 Å². The molecule has 0 radical (unpaired) electrons. The summed E-state index contributed by atoms with van der Waals surface area (Å²) in [5, 5.41) is 3.47. The Hall–Kier alpha value is -1.88. The zero-order valence-corrected chi connectivity index (χ0v) is 13.4. The van der Waals surface area contributed by atoms with Crippen LogP contribution in [0.1, 0.15) is 37.3 Å². The minimum Gasteiger partial charge on any atom is -0.361 e. The lowest BCUT2D eigenvalue weighted by atomic mass is 10.1. The molecule has 0 aliphatic rings. The van der Waals surface area contributed by atoms with Crippen LogP contribution in [0.25, 0.3) is 6.08 Å². The number of thiocarbonyl (C=S) groups is 1. The summed E-state index contributed by atoms with van der Waals surface area (Å²) >= 11 is 5.06. The number of rotatable bonds is 6. The van der Waals surface area contributed by atoms with Crippen LogP contribution in [0.4, 0.5) is 0 Å². The van der Waals surface area contributed by atoms with E-state index >= 15 is 0 Å². The Morgan fingerprint density at radius 1 is 1.24 bits per heavy atom. The van der Waals surface area contributed by atoms with Gasteiger partial charge in [0.05, 0.1) is 0 Å². The zero-order valence-electron chi connectivity index (χ0n) is 12.6. The van der Waals surface area contributed by atoms with Gasteiger partial charge in [0.2, 0.25) is 0 Å². The van der Waals surface area contributed by atoms with Crippen LogP contribution in [-0.4, -0.2) is 17.6 Å². The predicted molar refractivity (Wildman–Crippen MR) is 91.6 cm³/mol. The summed E-state index contributed by atoms with van der Waals surface area (Å²) in [6.07, 6.45) is 6.67. The molecule has 0 aromatic heterocycles. The third kappa shape index (κ3) is 7.46. The molecule has 0 fully saturated rings. The second-order valence-electron chi connectivity index (χ2n) is 4.77. The van der Waals surface area contributed by atoms with Gasteiger partial charge in [-0.15, -0.1) is 0 Å². The summed E-state index contributed by atoms with van der Waals surface area (Å²) in [7, 11) is 0. The minimum absolute atomic E-state index is 0.240. The van der Waals surface area contributed by atoms with Crippen LogP contribution >= 0.6 is 12.2 Å². The topological polar surface area (TPSA) is 53.2 Å². The van der Waals surface area contributed by atoms with E-state index in [1.165, 1.54) is 18.9 Å². The van der Waals surface area contributed by atoms with Crippen molar-refractivity contribution in [1.29, 1.82) is 0 Å². The molecule has 5 heteroatoms. The standard InChI is InChI=1S/C16H23N3OS/c1-3-4-7-12-17-16(21)19-18-15(20)11-10-14-9-6-5-8-13(14)2/h5-6,8-11H,3-4,7,12H2,1-2H3,(H,18,20)(H2,17,19,21)/b11-10+. The minimum atomic E-state index is -0.240. The number of hydrazine groups is 1. The molecule has 114 valence electrons. The molecule has 0 saturated heterocycles. The van der Waals surface area contributed by atoms with Crippen molar-refractivity contribution in [3.05, 3.63) is 41.5 Å². The quantitative estimate of drug-likeness (QED) is 0.327. The highest BCUT2D eigenvalue weighted by Crippen LogP contribution is 2.08. The molecule has 21 heavy (non-hydrogen) atoms. The summed E-state index contributed by atoms with van der Waals surface area (Å²) in [5.74, 6) is -0.240. The van der Waals surface area contributed by atoms with Crippen LogP contribution in [0.2, 0.25) is 0 Å². The maximum absolute atomic E-state index is 11.7. The number of hydrogen-bond donors (Lipinski definition) is 3. The number of carbonyl (C=O) groups is 1. The Balaban J connectivity index is 2.28. The van der Waals surface area contributed by atoms with Gasteiger partial charge < -0.3 is 5.32 Å². The van der Waals surface area contributed by atoms with Crippen LogP contribution in [0.5, 0.6) is 0 Å². The molecule has 0 unspecified atom stereocenters. The van der Waals surface area contributed by atoms with Gasteiger partial charge in [-0.1, -0.05) is 44.0 Å². The summed E-state index contributed by atoms with van der Waals surface area (Å²) in [5.41, 5.74) is 7.36. The highest BCUT2D eigenvalue weighted by atomic mass is 32.1. The molecular weight excluding hydrogens is 282 g/mol. The van der Waals surface area contributed by atoms with Crippen molar-refractivity contribution >= 4 is 29.3 Å². The SMILES string of the molecule is CCCCCNC(=S)NNC(=O)/C=C/c1ccccc1C. The average molecular weight is 305 g/mol. The third-order valence-electron chi connectivity index (χ3n) is 2.97. The van der Waals surface area contributed by atoms with Gasteiger partial charge in [-0.05, 0) is 42.8 Å². The fraction of sp³-hybridized carbons (Fsp3) is 0.375. The van der Waals surface area contributed by atoms with Gasteiger partial charge in [0, 0.05) is 12.6 Å². The molecule has 4 nitrogen and oxygen atoms in total. The molecule has 0 bridgehead atoms. The Bertz CT molecular complexity index is 500. The third-order valence-corrected chi connectivity index (χ3v) is 3.21. The van der Waals surface area contributed by atoms with Crippen molar-refractivity contribution in [3.63, 3.8) is 0 Å². The first-order chi connectivity index (χ1) is 10.1. The fourth-order valence-electron chi connectivity index (χ4n) is 1.72. The van der Waals surface area contributed by atoms with Crippen molar-refractivity contribution in [2.24, 2.45) is 0 Å². The lowest BCUT2D eigenvalue weighted by Gasteiger charge is -2.10. The van der Waals surface area contributed by atoms with Gasteiger partial charge in [0.15, 0.2) is 5.11 Å². The lowest BCUT2D eigenvalue weighted by Crippen LogP contribution is -2.46. The molecule has 0 aliphatic heterocycles. The monoisotopic (exact) mass is 305 g/mol. The Morgan fingerprint density at radius 3 is 2.71 bits per heavy atom. The predicted octanol–water partition coefficient (Wildman–Crippen LogP) is 2.69. The number of amides is 1. The Labute approximate surface area is 132 Å². The number of unbranched alkanes of at least 4 members (excludes halogenated alkanes) is 2. The first kappa shape index (κ1) is 17.2. The van der Waals surface area contributed by atoms with Crippen LogP contribution in [0.15, 0.2) is 30.3 Å². The second-order valence-corrected chi connectivity index (χ2v) is 5.18. The summed E-state index contributed by atoms with van der Waals surface area (Å²) in [6, 6.07) is 7.88. The van der Waals surface area contributed by atoms with E-state index in [0.717, 1.165) is 24.1 Å². The smallest absolute Gasteiger partial charge is 0.262 e. The van der Waals surface area contributed by atoms with Gasteiger partial charge in [-0.3, -0.25) is 15.6 Å². The van der Waals surface area contributed by atoms with Crippen LogP contribution < -0.4 is 16.2 Å². The van der Waals surface area contributed by atoms with E-state index in [9.17, 15) is 4.79 Å². The van der Waals surface area contributed by atoms with E-state index in [2.05, 4.69) is 23.1 Å². The number of hydrogen-bond acceptors (Lipinski definition) is 2. The zero-order chi connectivity index (χ0) is 15.5. The molecule has 1 amide bonds. The van der Waals surface area contributed by atoms with Gasteiger partial charge in [0.25, 0.3) is 5.91 Å². The highest BCUT2D eigenvalue weighted by molar-refractivity contribution is 7.80. The molecule has 0 heterocycles. The number of benzene rings is 1. The van der Waals surface area contributed by atoms with E-state index in [-0.39, 0.29) is 5.91 Å². The molecule has 0 saturated carbocycles. The maximum Gasteiger partial charge on any atom is 0.262 e. The number of aryl methyl sites for hydroxylation is 1. The van der Waals surface area contributed by atoms with Crippen LogP contribution in [0.3, 0.4) is 0 Å². The lowest BCUT2D eigenvalue weighted by molar-refractivity contribution is -0.116. The van der Waals surface area contributed by atoms with E-state index in [1.807, 2.05) is 31.2 Å². The van der Waals surface area contributed by atoms with Gasteiger partial charge in [0.1, 0.15) is 0 Å². The molecule has 3 N–H and O–H groups in total. The van der Waals surface area contributed by atoms with Crippen molar-refractivity contribution in [2.75, 3.05) is 6.54 Å². The Kier molecular flexibility index (Phi) is 8.12. The summed E-state index contributed by atoms with van der Waals surface area (Å²) in [4.78, 5) is 11.7. The summed E-state index contributed by atoms with van der Waals surface area (Å²) < 4.78 is 0. The first-order valence-corrected chi connectivity index (χ1v) is 7.62. The van der Waals surface area contributed by atoms with Crippen molar-refractivity contribution in [1.82, 2.24) is 16.2 Å². The Morgan fingerprint density at radius 2 is 2.00 bits per heavy atom. The van der Waals surface area contributed by atoms with Gasteiger partial charge in [-0.25, -0.2) is 0 Å². The molecular formula is C16H23N3OS. The van der Waals surface area contributed by atoms with Crippen molar-refractivity contribution < 1.29 is 4.79 Å². The van der Waals surface area contributed by atoms with Crippen LogP contribution in [-0.2, 0) is 4.79 Å². The van der Waals surface area contributed by atoms with Gasteiger partial charge >= 0.3 is 0 Å². The number of nitrogens with one attached hydrogen (secondary N) is 3. The van der Waals surface area contributed by atoms with Crippen molar-refractivity contribution in [3.8, 4) is 0 Å². The molecule has 0 spiro atoms. The molecule has 1 rings (SSSR count). The first-order valence-electron chi connectivity index (χ1n) is 7.21. The van der Waals surface area contributed by atoms with Gasteiger partial charge in [-0.2, -0.15) is 0 Å². The molecule has 1 aromatic carbocycles. The van der Waals surface area contributed by atoms with Crippen LogP contribution in [0, 0.1) is 6.92 Å². The molecule has 1 aromatic rings. The average Bonchev–Trinajstić information content (AvgIpc) is 2.48. The van der Waals surface area contributed by atoms with E-state index in [1.54, 1.807) is 6.08 Å². The van der Waals surface area contributed by atoms with E-state index < -0.39 is 0 Å². The highest BCUT2D eigenvalue weighted by Gasteiger charge is 1.98. The fourth-order valence-corrected chi connectivity index (χ4v) is 1.87. The largest absolute Gasteiger partial charge is 0.361 e. The normalized spacial score (nSPS) is 10.4. The molecule has 0 aliphatic carbocycles. The summed E-state index contributed by atoms with van der Waals surface area (Å²) in [6.45, 7) is 4.97. The maximum atomic E-state index is 11.7. The second kappa shape index (κ2) is 9.94. The number of carbonyl (C=O) groups excluding carboxylic acids is 1. The van der Waals surface area contributed by atoms with E-state index in [0.29, 0.717) is 5.11 Å². The van der Waals surface area contributed by atoms with E-state index in [4.69, 9.17) is 12.2 Å². The molecule has 0 atom stereocenters.